The van der Waals surface area contributed by atoms with Gasteiger partial charge in [0.15, 0.2) is 11.6 Å². The lowest BCUT2D eigenvalue weighted by molar-refractivity contribution is 0.103. The van der Waals surface area contributed by atoms with E-state index >= 15 is 0 Å². The van der Waals surface area contributed by atoms with Crippen LogP contribution in [0.3, 0.4) is 0 Å². The Morgan fingerprint density at radius 2 is 1.94 bits per heavy atom. The maximum absolute atomic E-state index is 15.0. The van der Waals surface area contributed by atoms with E-state index < -0.39 is 21.6 Å². The molecule has 3 aromatic rings. The zero-order valence-corrected chi connectivity index (χ0v) is 18.0. The van der Waals surface area contributed by atoms with Gasteiger partial charge in [-0.3, -0.25) is 14.5 Å². The lowest BCUT2D eigenvalue weighted by atomic mass is 10.0. The third kappa shape index (κ3) is 4.51. The van der Waals surface area contributed by atoms with Crippen molar-refractivity contribution in [2.75, 3.05) is 28.5 Å². The lowest BCUT2D eigenvalue weighted by Crippen LogP contribution is -2.19. The van der Waals surface area contributed by atoms with Crippen molar-refractivity contribution in [2.24, 2.45) is 0 Å². The summed E-state index contributed by atoms with van der Waals surface area (Å²) in [6, 6.07) is 8.93. The maximum Gasteiger partial charge on any atom is 0.232 e. The molecule has 4 rings (SSSR count). The Hall–Kier alpha value is -3.07. The van der Waals surface area contributed by atoms with Crippen molar-refractivity contribution in [1.82, 2.24) is 9.97 Å². The number of halogens is 1. The van der Waals surface area contributed by atoms with Gasteiger partial charge in [0.25, 0.3) is 0 Å². The quantitative estimate of drug-likeness (QED) is 0.560. The molecule has 0 amide bonds. The number of sulfonamides is 1. The van der Waals surface area contributed by atoms with Gasteiger partial charge < -0.3 is 4.90 Å². The van der Waals surface area contributed by atoms with Gasteiger partial charge in [-0.1, -0.05) is 13.0 Å². The van der Waals surface area contributed by atoms with E-state index in [2.05, 4.69) is 19.6 Å². The van der Waals surface area contributed by atoms with Crippen molar-refractivity contribution >= 4 is 38.3 Å². The molecule has 162 valence electrons. The van der Waals surface area contributed by atoms with Crippen molar-refractivity contribution in [3.63, 3.8) is 0 Å². The molecular weight excluding hydrogens is 419 g/mol. The van der Waals surface area contributed by atoms with Crippen molar-refractivity contribution in [3.05, 3.63) is 59.5 Å². The summed E-state index contributed by atoms with van der Waals surface area (Å²) in [4.78, 5) is 24.2. The van der Waals surface area contributed by atoms with E-state index in [-0.39, 0.29) is 22.6 Å². The van der Waals surface area contributed by atoms with Crippen molar-refractivity contribution in [3.8, 4) is 0 Å². The first-order valence-corrected chi connectivity index (χ1v) is 11.9. The molecule has 2 aromatic carbocycles. The fraction of sp³-hybridized carbons (Fsp3) is 0.318. The number of benzene rings is 2. The molecule has 0 unspecified atom stereocenters. The number of hydrogen-bond acceptors (Lipinski definition) is 6. The molecule has 9 heteroatoms. The standard InChI is InChI=1S/C22H23FN4O3S/c1-2-12-31(29,30)26-18-7-5-6-16(21(18)23)22(28)15-8-9-17-19(13-15)25-20(14-24-17)27-10-3-4-11-27/h5-9,13-14,26H,2-4,10-12H2,1H3. The number of hydrogen-bond donors (Lipinski definition) is 1. The zero-order chi connectivity index (χ0) is 22.0. The van der Waals surface area contributed by atoms with Crippen LogP contribution in [-0.2, 0) is 10.0 Å². The van der Waals surface area contributed by atoms with Gasteiger partial charge in [0.1, 0.15) is 5.82 Å². The Kier molecular flexibility index (Phi) is 5.86. The first kappa shape index (κ1) is 21.2. The molecule has 2 heterocycles. The van der Waals surface area contributed by atoms with Crippen molar-refractivity contribution in [2.45, 2.75) is 26.2 Å². The molecule has 0 radical (unpaired) electrons. The first-order valence-electron chi connectivity index (χ1n) is 10.2. The van der Waals surface area contributed by atoms with E-state index in [1.807, 2.05) is 0 Å². The number of rotatable bonds is 7. The second kappa shape index (κ2) is 8.58. The highest BCUT2D eigenvalue weighted by atomic mass is 32.2. The fourth-order valence-electron chi connectivity index (χ4n) is 3.67. The highest BCUT2D eigenvalue weighted by Crippen LogP contribution is 2.24. The molecule has 7 nitrogen and oxygen atoms in total. The molecule has 0 spiro atoms. The van der Waals surface area contributed by atoms with Gasteiger partial charge in [-0.05, 0) is 49.6 Å². The van der Waals surface area contributed by atoms with E-state index in [4.69, 9.17) is 0 Å². The number of aromatic nitrogens is 2. The monoisotopic (exact) mass is 442 g/mol. The zero-order valence-electron chi connectivity index (χ0n) is 17.1. The first-order chi connectivity index (χ1) is 14.9. The summed E-state index contributed by atoms with van der Waals surface area (Å²) in [5.74, 6) is -0.825. The second-order valence-corrected chi connectivity index (χ2v) is 9.38. The lowest BCUT2D eigenvalue weighted by Gasteiger charge is -2.16. The van der Waals surface area contributed by atoms with Crippen LogP contribution in [0.2, 0.25) is 0 Å². The molecular formula is C22H23FN4O3S. The summed E-state index contributed by atoms with van der Waals surface area (Å²) < 4.78 is 41.2. The molecule has 0 atom stereocenters. The fourth-order valence-corrected chi connectivity index (χ4v) is 4.80. The minimum Gasteiger partial charge on any atom is -0.355 e. The molecule has 1 saturated heterocycles. The smallest absolute Gasteiger partial charge is 0.232 e. The van der Waals surface area contributed by atoms with Gasteiger partial charge >= 0.3 is 0 Å². The van der Waals surface area contributed by atoms with Crippen LogP contribution in [0, 0.1) is 5.82 Å². The van der Waals surface area contributed by atoms with Crippen molar-refractivity contribution < 1.29 is 17.6 Å². The maximum atomic E-state index is 15.0. The van der Waals surface area contributed by atoms with Crippen LogP contribution >= 0.6 is 0 Å². The number of nitrogens with one attached hydrogen (secondary N) is 1. The average molecular weight is 443 g/mol. The molecule has 1 aliphatic heterocycles. The highest BCUT2D eigenvalue weighted by molar-refractivity contribution is 7.92. The number of ketones is 1. The molecule has 1 fully saturated rings. The molecule has 1 aromatic heterocycles. The molecule has 0 aliphatic carbocycles. The summed E-state index contributed by atoms with van der Waals surface area (Å²) in [6.45, 7) is 3.56. The van der Waals surface area contributed by atoms with Gasteiger partial charge in [-0.15, -0.1) is 0 Å². The number of nitrogens with zero attached hydrogens (tertiary/aromatic N) is 3. The molecule has 0 saturated carbocycles. The van der Waals surface area contributed by atoms with Crippen LogP contribution in [0.15, 0.2) is 42.6 Å². The summed E-state index contributed by atoms with van der Waals surface area (Å²) in [7, 11) is -3.68. The molecule has 0 bridgehead atoms. The van der Waals surface area contributed by atoms with Gasteiger partial charge in [0.2, 0.25) is 10.0 Å². The van der Waals surface area contributed by atoms with E-state index in [1.165, 1.54) is 18.2 Å². The van der Waals surface area contributed by atoms with E-state index in [1.54, 1.807) is 31.3 Å². The number of carbonyl (C=O) groups excluding carboxylic acids is 1. The summed E-state index contributed by atoms with van der Waals surface area (Å²) in [5.41, 5.74) is 1.00. The molecule has 1 N–H and O–H groups in total. The number of carbonyl (C=O) groups is 1. The third-order valence-electron chi connectivity index (χ3n) is 5.20. The molecule has 31 heavy (non-hydrogen) atoms. The van der Waals surface area contributed by atoms with Gasteiger partial charge in [0, 0.05) is 18.7 Å². The SMILES string of the molecule is CCCS(=O)(=O)Nc1cccc(C(=O)c2ccc3ncc(N4CCCC4)nc3c2)c1F. The van der Waals surface area contributed by atoms with Gasteiger partial charge in [-0.2, -0.15) is 0 Å². The predicted molar refractivity (Wildman–Crippen MR) is 119 cm³/mol. The minimum absolute atomic E-state index is 0.132. The topological polar surface area (TPSA) is 92.3 Å². The minimum atomic E-state index is -3.68. The predicted octanol–water partition coefficient (Wildman–Crippen LogP) is 3.75. The third-order valence-corrected chi connectivity index (χ3v) is 6.68. The normalized spacial score (nSPS) is 14.2. The van der Waals surface area contributed by atoms with Crippen LogP contribution in [0.1, 0.15) is 42.1 Å². The van der Waals surface area contributed by atoms with Crippen molar-refractivity contribution in [1.29, 1.82) is 0 Å². The Labute approximate surface area is 180 Å². The molecule has 1 aliphatic rings. The number of anilines is 2. The Bertz CT molecular complexity index is 1240. The van der Waals surface area contributed by atoms with E-state index in [0.717, 1.165) is 31.7 Å². The second-order valence-electron chi connectivity index (χ2n) is 7.54. The number of fused-ring (bicyclic) bond motifs is 1. The summed E-state index contributed by atoms with van der Waals surface area (Å²) >= 11 is 0. The summed E-state index contributed by atoms with van der Waals surface area (Å²) in [6.07, 6.45) is 4.33. The van der Waals surface area contributed by atoms with Crippen LogP contribution in [-0.4, -0.2) is 43.0 Å². The van der Waals surface area contributed by atoms with Crippen LogP contribution < -0.4 is 9.62 Å². The van der Waals surface area contributed by atoms with Crippen LogP contribution in [0.25, 0.3) is 11.0 Å². The summed E-state index contributed by atoms with van der Waals surface area (Å²) in [5, 5.41) is 0. The Morgan fingerprint density at radius 3 is 2.68 bits per heavy atom. The highest BCUT2D eigenvalue weighted by Gasteiger charge is 2.20. The van der Waals surface area contributed by atoms with E-state index in [9.17, 15) is 17.6 Å². The van der Waals surface area contributed by atoms with Crippen LogP contribution in [0.4, 0.5) is 15.9 Å². The van der Waals surface area contributed by atoms with E-state index in [0.29, 0.717) is 17.5 Å². The van der Waals surface area contributed by atoms with Gasteiger partial charge in [0.05, 0.1) is 34.2 Å². The van der Waals surface area contributed by atoms with Crippen LogP contribution in [0.5, 0.6) is 0 Å². The Balaban J connectivity index is 1.66. The Morgan fingerprint density at radius 1 is 1.16 bits per heavy atom. The largest absolute Gasteiger partial charge is 0.355 e. The average Bonchev–Trinajstić information content (AvgIpc) is 3.29. The van der Waals surface area contributed by atoms with Gasteiger partial charge in [-0.25, -0.2) is 17.8 Å².